The van der Waals surface area contributed by atoms with E-state index < -0.39 is 0 Å². The van der Waals surface area contributed by atoms with Gasteiger partial charge in [0.25, 0.3) is 0 Å². The highest BCUT2D eigenvalue weighted by Crippen LogP contribution is 2.36. The molecule has 2 amide bonds. The fourth-order valence-electron chi connectivity index (χ4n) is 3.78. The zero-order valence-electron chi connectivity index (χ0n) is 14.7. The minimum atomic E-state index is -0.197. The van der Waals surface area contributed by atoms with Crippen LogP contribution in [0.1, 0.15) is 36.4 Å². The lowest BCUT2D eigenvalue weighted by Gasteiger charge is -2.47. The number of nitrogens with zero attached hydrogens (tertiary/aromatic N) is 1. The molecular weight excluding hydrogens is 348 g/mol. The Morgan fingerprint density at radius 3 is 2.19 bits per heavy atom. The molecule has 1 atom stereocenters. The average Bonchev–Trinajstić information content (AvgIpc) is 2.66. The summed E-state index contributed by atoms with van der Waals surface area (Å²) >= 11 is 6.03. The summed E-state index contributed by atoms with van der Waals surface area (Å²) < 4.78 is 5.75. The number of carbonyl (C=O) groups excluding carboxylic acids is 1. The third-order valence-electron chi connectivity index (χ3n) is 5.53. The number of hydrogen-bond acceptors (Lipinski definition) is 2. The Hall–Kier alpha value is -2.04. The third kappa shape index (κ3) is 3.57. The molecule has 0 aliphatic carbocycles. The van der Waals surface area contributed by atoms with E-state index in [0.29, 0.717) is 5.02 Å². The van der Waals surface area contributed by atoms with Gasteiger partial charge in [-0.25, -0.2) is 4.79 Å². The van der Waals surface area contributed by atoms with Gasteiger partial charge in [0.15, 0.2) is 0 Å². The normalized spacial score (nSPS) is 19.7. The number of ether oxygens (including phenoxy) is 1. The first-order chi connectivity index (χ1) is 12.7. The van der Waals surface area contributed by atoms with Gasteiger partial charge in [-0.05, 0) is 42.5 Å². The fourth-order valence-corrected chi connectivity index (χ4v) is 3.90. The van der Waals surface area contributed by atoms with Crippen molar-refractivity contribution in [3.8, 4) is 0 Å². The second-order valence-corrected chi connectivity index (χ2v) is 7.55. The molecule has 5 heteroatoms. The van der Waals surface area contributed by atoms with Gasteiger partial charge in [-0.15, -0.1) is 0 Å². The highest BCUT2D eigenvalue weighted by Gasteiger charge is 2.42. The van der Waals surface area contributed by atoms with Crippen LogP contribution in [-0.4, -0.2) is 36.2 Å². The number of urea groups is 1. The van der Waals surface area contributed by atoms with Crippen LogP contribution in [0.3, 0.4) is 0 Å². The molecule has 4 nitrogen and oxygen atoms in total. The summed E-state index contributed by atoms with van der Waals surface area (Å²) in [5.41, 5.74) is 2.12. The molecule has 136 valence electrons. The van der Waals surface area contributed by atoms with Gasteiger partial charge in [0, 0.05) is 18.1 Å². The first-order valence-electron chi connectivity index (χ1n) is 9.15. The monoisotopic (exact) mass is 370 g/mol. The van der Waals surface area contributed by atoms with Crippen LogP contribution in [0.5, 0.6) is 0 Å². The number of piperidine rings is 1. The van der Waals surface area contributed by atoms with E-state index in [4.69, 9.17) is 16.3 Å². The quantitative estimate of drug-likeness (QED) is 0.870. The number of rotatable bonds is 3. The lowest BCUT2D eigenvalue weighted by Crippen LogP contribution is -2.55. The molecule has 2 aliphatic rings. The van der Waals surface area contributed by atoms with E-state index in [9.17, 15) is 4.79 Å². The minimum Gasteiger partial charge on any atom is -0.375 e. The number of likely N-dealkylation sites (tertiary alicyclic amines) is 1. The van der Waals surface area contributed by atoms with Crippen LogP contribution in [0.4, 0.5) is 4.79 Å². The van der Waals surface area contributed by atoms with Gasteiger partial charge in [0.1, 0.15) is 0 Å². The predicted octanol–water partition coefficient (Wildman–Crippen LogP) is 4.39. The van der Waals surface area contributed by atoms with Crippen LogP contribution in [0.15, 0.2) is 54.6 Å². The molecule has 2 saturated heterocycles. The van der Waals surface area contributed by atoms with Gasteiger partial charge in [0.2, 0.25) is 0 Å². The number of benzene rings is 2. The average molecular weight is 371 g/mol. The zero-order valence-corrected chi connectivity index (χ0v) is 15.4. The standard InChI is InChI=1S/C21H23ClN2O2/c22-18-8-6-17(7-9-18)19(16-4-2-1-3-5-16)23-20(25)24-13-10-21(11-14-24)12-15-26-21/h1-9,19H,10-15H2,(H,23,25)/t19-/m1/s1. The maximum absolute atomic E-state index is 12.9. The lowest BCUT2D eigenvalue weighted by atomic mass is 9.84. The van der Waals surface area contributed by atoms with Gasteiger partial charge >= 0.3 is 6.03 Å². The molecule has 26 heavy (non-hydrogen) atoms. The Bertz CT molecular complexity index is 749. The SMILES string of the molecule is O=C(N[C@H](c1ccccc1)c1ccc(Cl)cc1)N1CCC2(CCO2)CC1. The Morgan fingerprint density at radius 2 is 1.62 bits per heavy atom. The summed E-state index contributed by atoms with van der Waals surface area (Å²) in [5, 5.41) is 3.89. The van der Waals surface area contributed by atoms with E-state index >= 15 is 0 Å². The number of carbonyl (C=O) groups is 1. The van der Waals surface area contributed by atoms with Crippen LogP contribution in [0.25, 0.3) is 0 Å². The Labute approximate surface area is 159 Å². The van der Waals surface area contributed by atoms with Gasteiger partial charge in [0.05, 0.1) is 18.2 Å². The maximum Gasteiger partial charge on any atom is 0.318 e. The Kier molecular flexibility index (Phi) is 4.88. The summed E-state index contributed by atoms with van der Waals surface area (Å²) in [7, 11) is 0. The molecule has 1 spiro atoms. The molecule has 1 N–H and O–H groups in total. The maximum atomic E-state index is 12.9. The molecule has 0 aromatic heterocycles. The zero-order chi connectivity index (χ0) is 18.0. The lowest BCUT2D eigenvalue weighted by molar-refractivity contribution is -0.169. The van der Waals surface area contributed by atoms with E-state index in [-0.39, 0.29) is 17.7 Å². The van der Waals surface area contributed by atoms with Gasteiger partial charge in [-0.1, -0.05) is 54.1 Å². The van der Waals surface area contributed by atoms with Crippen molar-refractivity contribution in [3.05, 3.63) is 70.7 Å². The highest BCUT2D eigenvalue weighted by molar-refractivity contribution is 6.30. The predicted molar refractivity (Wildman–Crippen MR) is 102 cm³/mol. The fraction of sp³-hybridized carbons (Fsp3) is 0.381. The van der Waals surface area contributed by atoms with Crippen LogP contribution in [-0.2, 0) is 4.74 Å². The van der Waals surface area contributed by atoms with Crippen molar-refractivity contribution in [3.63, 3.8) is 0 Å². The van der Waals surface area contributed by atoms with E-state index in [1.807, 2.05) is 59.5 Å². The van der Waals surface area contributed by atoms with Crippen molar-refractivity contribution in [1.29, 1.82) is 0 Å². The largest absolute Gasteiger partial charge is 0.375 e. The molecule has 2 aromatic rings. The van der Waals surface area contributed by atoms with E-state index in [0.717, 1.165) is 50.1 Å². The molecule has 0 radical (unpaired) electrons. The second kappa shape index (κ2) is 7.29. The Morgan fingerprint density at radius 1 is 1.00 bits per heavy atom. The molecule has 0 bridgehead atoms. The van der Waals surface area contributed by atoms with Crippen LogP contribution in [0, 0.1) is 0 Å². The summed E-state index contributed by atoms with van der Waals surface area (Å²) in [6, 6.07) is 17.5. The molecule has 2 aliphatic heterocycles. The van der Waals surface area contributed by atoms with Crippen molar-refractivity contribution in [2.75, 3.05) is 19.7 Å². The number of amides is 2. The highest BCUT2D eigenvalue weighted by atomic mass is 35.5. The summed E-state index contributed by atoms with van der Waals surface area (Å²) in [6.07, 6.45) is 2.98. The van der Waals surface area contributed by atoms with Crippen LogP contribution in [0.2, 0.25) is 5.02 Å². The van der Waals surface area contributed by atoms with Gasteiger partial charge < -0.3 is 15.0 Å². The third-order valence-corrected chi connectivity index (χ3v) is 5.78. The Balaban J connectivity index is 1.49. The number of hydrogen-bond donors (Lipinski definition) is 1. The molecule has 2 fully saturated rings. The van der Waals surface area contributed by atoms with Crippen molar-refractivity contribution in [1.82, 2.24) is 10.2 Å². The van der Waals surface area contributed by atoms with Crippen molar-refractivity contribution >= 4 is 17.6 Å². The second-order valence-electron chi connectivity index (χ2n) is 7.11. The molecule has 4 rings (SSSR count). The minimum absolute atomic E-state index is 0.0250. The van der Waals surface area contributed by atoms with Crippen molar-refractivity contribution in [2.24, 2.45) is 0 Å². The first-order valence-corrected chi connectivity index (χ1v) is 9.53. The van der Waals surface area contributed by atoms with Gasteiger partial charge in [-0.2, -0.15) is 0 Å². The van der Waals surface area contributed by atoms with Crippen molar-refractivity contribution < 1.29 is 9.53 Å². The first kappa shape index (κ1) is 17.4. The van der Waals surface area contributed by atoms with E-state index in [1.165, 1.54) is 0 Å². The molecule has 0 unspecified atom stereocenters. The smallest absolute Gasteiger partial charge is 0.318 e. The summed E-state index contributed by atoms with van der Waals surface area (Å²) in [5.74, 6) is 0. The number of halogens is 1. The molecular formula is C21H23ClN2O2. The van der Waals surface area contributed by atoms with E-state index in [1.54, 1.807) is 0 Å². The van der Waals surface area contributed by atoms with Crippen LogP contribution >= 0.6 is 11.6 Å². The topological polar surface area (TPSA) is 41.6 Å². The number of nitrogens with one attached hydrogen (secondary N) is 1. The van der Waals surface area contributed by atoms with E-state index in [2.05, 4.69) is 5.32 Å². The molecule has 0 saturated carbocycles. The van der Waals surface area contributed by atoms with Crippen LogP contribution < -0.4 is 5.32 Å². The molecule has 2 heterocycles. The summed E-state index contributed by atoms with van der Waals surface area (Å²) in [6.45, 7) is 2.35. The summed E-state index contributed by atoms with van der Waals surface area (Å²) in [4.78, 5) is 14.8. The molecule has 2 aromatic carbocycles. The van der Waals surface area contributed by atoms with Gasteiger partial charge in [-0.3, -0.25) is 0 Å². The van der Waals surface area contributed by atoms with Crippen molar-refractivity contribution in [2.45, 2.75) is 30.9 Å².